The number of aliphatic hydroxyl groups is 1. The molecule has 33 heavy (non-hydrogen) atoms. The predicted molar refractivity (Wildman–Crippen MR) is 120 cm³/mol. The summed E-state index contributed by atoms with van der Waals surface area (Å²) in [4.78, 5) is 27.0. The molecule has 1 atom stereocenters. The summed E-state index contributed by atoms with van der Waals surface area (Å²) in [5.41, 5.74) is -0.232. The molecular formula is C25H18ClF2NO4. The first kappa shape index (κ1) is 22.5. The number of aliphatic hydroxyl groups excluding tert-OH is 1. The summed E-state index contributed by atoms with van der Waals surface area (Å²) < 4.78 is 34.1. The number of ether oxygens (including phenoxy) is 1. The summed E-state index contributed by atoms with van der Waals surface area (Å²) in [5.74, 6) is -3.99. The van der Waals surface area contributed by atoms with Gasteiger partial charge in [-0.2, -0.15) is 0 Å². The van der Waals surface area contributed by atoms with Crippen molar-refractivity contribution in [2.24, 2.45) is 0 Å². The Morgan fingerprint density at radius 2 is 1.79 bits per heavy atom. The molecule has 0 spiro atoms. The highest BCUT2D eigenvalue weighted by molar-refractivity contribution is 6.52. The van der Waals surface area contributed by atoms with Crippen LogP contribution in [0.1, 0.15) is 24.1 Å². The third-order valence-corrected chi connectivity index (χ3v) is 5.56. The molecular weight excluding hydrogens is 452 g/mol. The highest BCUT2D eigenvalue weighted by Gasteiger charge is 2.48. The molecule has 1 N–H and O–H groups in total. The lowest BCUT2D eigenvalue weighted by molar-refractivity contribution is -0.132. The van der Waals surface area contributed by atoms with Gasteiger partial charge in [-0.15, -0.1) is 0 Å². The smallest absolute Gasteiger partial charge is 0.300 e. The van der Waals surface area contributed by atoms with Gasteiger partial charge in [0.2, 0.25) is 0 Å². The minimum absolute atomic E-state index is 0.0706. The number of carbonyl (C=O) groups is 2. The first-order valence-corrected chi connectivity index (χ1v) is 10.4. The Hall–Kier alpha value is -3.71. The van der Waals surface area contributed by atoms with Gasteiger partial charge in [-0.25, -0.2) is 8.78 Å². The van der Waals surface area contributed by atoms with Crippen LogP contribution in [-0.2, 0) is 9.59 Å². The number of carbonyl (C=O) groups excluding carboxylic acids is 2. The molecule has 4 rings (SSSR count). The summed E-state index contributed by atoms with van der Waals surface area (Å²) in [7, 11) is 0. The lowest BCUT2D eigenvalue weighted by Crippen LogP contribution is -2.30. The van der Waals surface area contributed by atoms with Crippen LogP contribution in [-0.4, -0.2) is 23.4 Å². The molecule has 1 heterocycles. The van der Waals surface area contributed by atoms with Crippen molar-refractivity contribution in [1.29, 1.82) is 0 Å². The third kappa shape index (κ3) is 4.07. The van der Waals surface area contributed by atoms with Crippen LogP contribution in [0.25, 0.3) is 5.76 Å². The Morgan fingerprint density at radius 1 is 1.06 bits per heavy atom. The van der Waals surface area contributed by atoms with E-state index in [9.17, 15) is 23.5 Å². The molecule has 1 amide bonds. The molecule has 1 fully saturated rings. The van der Waals surface area contributed by atoms with Crippen LogP contribution in [0.5, 0.6) is 5.75 Å². The first-order chi connectivity index (χ1) is 15.8. The van der Waals surface area contributed by atoms with E-state index in [2.05, 4.69) is 0 Å². The largest absolute Gasteiger partial charge is 0.507 e. The van der Waals surface area contributed by atoms with Gasteiger partial charge in [0, 0.05) is 11.6 Å². The number of benzene rings is 3. The van der Waals surface area contributed by atoms with Gasteiger partial charge in [0.05, 0.1) is 28.9 Å². The molecule has 0 aromatic heterocycles. The van der Waals surface area contributed by atoms with E-state index >= 15 is 0 Å². The van der Waals surface area contributed by atoms with Crippen LogP contribution in [0.3, 0.4) is 0 Å². The highest BCUT2D eigenvalue weighted by Crippen LogP contribution is 2.44. The summed E-state index contributed by atoms with van der Waals surface area (Å²) >= 11 is 6.28. The minimum Gasteiger partial charge on any atom is -0.507 e. The summed E-state index contributed by atoms with van der Waals surface area (Å²) in [5, 5.41) is 11.3. The highest BCUT2D eigenvalue weighted by atomic mass is 35.5. The van der Waals surface area contributed by atoms with E-state index in [-0.39, 0.29) is 16.2 Å². The topological polar surface area (TPSA) is 66.8 Å². The monoisotopic (exact) mass is 469 g/mol. The van der Waals surface area contributed by atoms with Crippen molar-refractivity contribution in [2.75, 3.05) is 11.5 Å². The van der Waals surface area contributed by atoms with Gasteiger partial charge in [0.15, 0.2) is 0 Å². The fourth-order valence-electron chi connectivity index (χ4n) is 3.79. The van der Waals surface area contributed by atoms with E-state index < -0.39 is 40.8 Å². The van der Waals surface area contributed by atoms with Gasteiger partial charge in [-0.3, -0.25) is 14.5 Å². The molecule has 0 saturated carbocycles. The molecule has 0 bridgehead atoms. The third-order valence-electron chi connectivity index (χ3n) is 5.23. The predicted octanol–water partition coefficient (Wildman–Crippen LogP) is 5.64. The number of hydrogen-bond donors (Lipinski definition) is 1. The van der Waals surface area contributed by atoms with Gasteiger partial charge in [0.1, 0.15) is 23.1 Å². The van der Waals surface area contributed by atoms with Crippen LogP contribution in [0.2, 0.25) is 5.02 Å². The number of anilines is 1. The zero-order chi connectivity index (χ0) is 23.7. The second kappa shape index (κ2) is 9.03. The summed E-state index contributed by atoms with van der Waals surface area (Å²) in [6, 6.07) is 14.2. The zero-order valence-electron chi connectivity index (χ0n) is 17.4. The normalized spacial score (nSPS) is 17.5. The van der Waals surface area contributed by atoms with E-state index in [4.69, 9.17) is 16.3 Å². The van der Waals surface area contributed by atoms with Crippen LogP contribution in [0.15, 0.2) is 72.3 Å². The molecule has 8 heteroatoms. The maximum Gasteiger partial charge on any atom is 0.300 e. The van der Waals surface area contributed by atoms with Crippen molar-refractivity contribution in [3.8, 4) is 5.75 Å². The standard InChI is InChI=1S/C25H18ClF2NO4/c1-2-33-16-9-10-18(26)17(13-16)23(30)21-22(14-6-4-3-5-7-14)29(25(32)24(21)31)20-12-15(27)8-11-19(20)28/h3-13,22,30H,2H2,1H3/b23-21+. The summed E-state index contributed by atoms with van der Waals surface area (Å²) in [6.45, 7) is 2.14. The van der Waals surface area contributed by atoms with Crippen LogP contribution in [0.4, 0.5) is 14.5 Å². The summed E-state index contributed by atoms with van der Waals surface area (Å²) in [6.07, 6.45) is 0. The number of nitrogens with zero attached hydrogens (tertiary/aromatic N) is 1. The SMILES string of the molecule is CCOc1ccc(Cl)c(/C(O)=C2\C(=O)C(=O)N(c3cc(F)ccc3F)C2c2ccccc2)c1. The Kier molecular flexibility index (Phi) is 6.16. The average molecular weight is 470 g/mol. The fourth-order valence-corrected chi connectivity index (χ4v) is 4.00. The van der Waals surface area contributed by atoms with E-state index in [1.54, 1.807) is 43.3 Å². The molecule has 5 nitrogen and oxygen atoms in total. The van der Waals surface area contributed by atoms with Gasteiger partial charge in [-0.05, 0) is 42.8 Å². The van der Waals surface area contributed by atoms with Gasteiger partial charge < -0.3 is 9.84 Å². The minimum atomic E-state index is -1.21. The van der Waals surface area contributed by atoms with Crippen LogP contribution < -0.4 is 9.64 Å². The zero-order valence-corrected chi connectivity index (χ0v) is 18.1. The molecule has 1 unspecified atom stereocenters. The fraction of sp³-hybridized carbons (Fsp3) is 0.120. The van der Waals surface area contributed by atoms with Gasteiger partial charge in [-0.1, -0.05) is 41.9 Å². The molecule has 1 saturated heterocycles. The van der Waals surface area contributed by atoms with Crippen molar-refractivity contribution in [3.05, 3.63) is 100 Å². The van der Waals surface area contributed by atoms with Crippen molar-refractivity contribution in [2.45, 2.75) is 13.0 Å². The molecule has 0 aliphatic carbocycles. The molecule has 3 aromatic carbocycles. The Labute approximate surface area is 193 Å². The Balaban J connectivity index is 1.98. The van der Waals surface area contributed by atoms with Gasteiger partial charge in [0.25, 0.3) is 11.7 Å². The number of rotatable bonds is 5. The van der Waals surface area contributed by atoms with Crippen molar-refractivity contribution >= 4 is 34.7 Å². The molecule has 1 aliphatic heterocycles. The molecule has 0 radical (unpaired) electrons. The average Bonchev–Trinajstić information content (AvgIpc) is 3.07. The van der Waals surface area contributed by atoms with Crippen molar-refractivity contribution in [3.63, 3.8) is 0 Å². The van der Waals surface area contributed by atoms with Crippen molar-refractivity contribution in [1.82, 2.24) is 0 Å². The lowest BCUT2D eigenvalue weighted by atomic mass is 9.95. The van der Waals surface area contributed by atoms with E-state index in [1.165, 1.54) is 12.1 Å². The quantitative estimate of drug-likeness (QED) is 0.298. The van der Waals surface area contributed by atoms with Gasteiger partial charge >= 0.3 is 0 Å². The first-order valence-electron chi connectivity index (χ1n) is 10.1. The maximum atomic E-state index is 14.7. The number of halogens is 3. The Bertz CT molecular complexity index is 1280. The van der Waals surface area contributed by atoms with Crippen LogP contribution in [0, 0.1) is 11.6 Å². The number of amides is 1. The number of hydrogen-bond acceptors (Lipinski definition) is 4. The second-order valence-corrected chi connectivity index (χ2v) is 7.66. The number of Topliss-reactive ketones (excluding diaryl/α,β-unsaturated/α-hetero) is 1. The second-order valence-electron chi connectivity index (χ2n) is 7.25. The maximum absolute atomic E-state index is 14.7. The van der Waals surface area contributed by atoms with Crippen molar-refractivity contribution < 1.29 is 28.2 Å². The van der Waals surface area contributed by atoms with E-state index in [1.807, 2.05) is 0 Å². The molecule has 168 valence electrons. The number of ketones is 1. The lowest BCUT2D eigenvalue weighted by Gasteiger charge is -2.25. The van der Waals surface area contributed by atoms with E-state index in [0.717, 1.165) is 23.1 Å². The van der Waals surface area contributed by atoms with Crippen LogP contribution >= 0.6 is 11.6 Å². The molecule has 1 aliphatic rings. The Morgan fingerprint density at radius 3 is 2.48 bits per heavy atom. The molecule has 3 aromatic rings. The van der Waals surface area contributed by atoms with E-state index in [0.29, 0.717) is 17.9 Å².